The molecular weight excluding hydrogens is 284 g/mol. The van der Waals surface area contributed by atoms with E-state index in [-0.39, 0.29) is 5.91 Å². The number of piperidine rings is 1. The average Bonchev–Trinajstić information content (AvgIpc) is 2.53. The highest BCUT2D eigenvalue weighted by atomic mass is 32.2. The van der Waals surface area contributed by atoms with Crippen LogP contribution in [0.2, 0.25) is 0 Å². The fourth-order valence-electron chi connectivity index (χ4n) is 2.47. The van der Waals surface area contributed by atoms with Gasteiger partial charge < -0.3 is 9.64 Å². The van der Waals surface area contributed by atoms with Gasteiger partial charge in [-0.1, -0.05) is 6.07 Å². The second-order valence-electron chi connectivity index (χ2n) is 5.56. The molecule has 21 heavy (non-hydrogen) atoms. The Hall–Kier alpha value is -1.67. The Kier molecular flexibility index (Phi) is 5.13. The van der Waals surface area contributed by atoms with Gasteiger partial charge in [0.15, 0.2) is 0 Å². The lowest BCUT2D eigenvalue weighted by atomic mass is 9.83. The molecule has 1 aliphatic heterocycles. The zero-order chi connectivity index (χ0) is 15.3. The van der Waals surface area contributed by atoms with Crippen LogP contribution in [0.3, 0.4) is 0 Å². The van der Waals surface area contributed by atoms with Crippen molar-refractivity contribution in [2.75, 3.05) is 26.0 Å². The Labute approximate surface area is 130 Å². The van der Waals surface area contributed by atoms with Crippen LogP contribution in [-0.2, 0) is 4.79 Å². The summed E-state index contributed by atoms with van der Waals surface area (Å²) in [5.74, 6) is 1.29. The predicted octanol–water partition coefficient (Wildman–Crippen LogP) is 2.94. The number of nitriles is 1. The van der Waals surface area contributed by atoms with Gasteiger partial charge >= 0.3 is 0 Å². The van der Waals surface area contributed by atoms with Gasteiger partial charge in [-0.05, 0) is 38.0 Å². The average molecular weight is 304 g/mol. The lowest BCUT2D eigenvalue weighted by Gasteiger charge is -2.35. The van der Waals surface area contributed by atoms with Crippen molar-refractivity contribution in [2.24, 2.45) is 5.41 Å². The monoisotopic (exact) mass is 304 g/mol. The minimum atomic E-state index is -0.394. The molecule has 1 aliphatic rings. The summed E-state index contributed by atoms with van der Waals surface area (Å²) in [6.07, 6.45) is 1.77. The normalized spacial score (nSPS) is 21.7. The SMILES string of the molecule is COc1cccc(SCC(=O)N2CCC[C@@](C)(C#N)C2)c1. The van der Waals surface area contributed by atoms with Crippen molar-refractivity contribution in [1.29, 1.82) is 5.26 Å². The number of carbonyl (C=O) groups is 1. The fraction of sp³-hybridized carbons (Fsp3) is 0.500. The Morgan fingerprint density at radius 2 is 2.38 bits per heavy atom. The van der Waals surface area contributed by atoms with E-state index < -0.39 is 5.41 Å². The Morgan fingerprint density at radius 1 is 1.57 bits per heavy atom. The van der Waals surface area contributed by atoms with E-state index in [0.717, 1.165) is 30.0 Å². The number of methoxy groups -OCH3 is 1. The van der Waals surface area contributed by atoms with Crippen molar-refractivity contribution in [3.05, 3.63) is 24.3 Å². The van der Waals surface area contributed by atoms with E-state index in [2.05, 4.69) is 6.07 Å². The molecule has 1 saturated heterocycles. The van der Waals surface area contributed by atoms with E-state index >= 15 is 0 Å². The summed E-state index contributed by atoms with van der Waals surface area (Å²) in [6.45, 7) is 3.23. The first-order chi connectivity index (χ1) is 10.1. The first-order valence-electron chi connectivity index (χ1n) is 7.02. The number of carbonyl (C=O) groups excluding carboxylic acids is 1. The van der Waals surface area contributed by atoms with Gasteiger partial charge in [-0.2, -0.15) is 5.26 Å². The van der Waals surface area contributed by atoms with Crippen molar-refractivity contribution in [2.45, 2.75) is 24.7 Å². The van der Waals surface area contributed by atoms with Gasteiger partial charge in [0.1, 0.15) is 5.75 Å². The highest BCUT2D eigenvalue weighted by Gasteiger charge is 2.32. The number of rotatable bonds is 4. The molecule has 4 nitrogen and oxygen atoms in total. The van der Waals surface area contributed by atoms with Crippen LogP contribution in [0.5, 0.6) is 5.75 Å². The van der Waals surface area contributed by atoms with Crippen LogP contribution >= 0.6 is 11.8 Å². The minimum Gasteiger partial charge on any atom is -0.497 e. The van der Waals surface area contributed by atoms with Crippen molar-refractivity contribution < 1.29 is 9.53 Å². The number of ether oxygens (including phenoxy) is 1. The lowest BCUT2D eigenvalue weighted by Crippen LogP contribution is -2.45. The zero-order valence-corrected chi connectivity index (χ0v) is 13.3. The van der Waals surface area contributed by atoms with Crippen LogP contribution in [0, 0.1) is 16.7 Å². The highest BCUT2D eigenvalue weighted by molar-refractivity contribution is 8.00. The minimum absolute atomic E-state index is 0.101. The predicted molar refractivity (Wildman–Crippen MR) is 83.3 cm³/mol. The highest BCUT2D eigenvalue weighted by Crippen LogP contribution is 2.29. The van der Waals surface area contributed by atoms with E-state index in [1.807, 2.05) is 36.1 Å². The molecule has 1 aromatic carbocycles. The van der Waals surface area contributed by atoms with E-state index in [0.29, 0.717) is 12.3 Å². The Bertz CT molecular complexity index is 555. The Morgan fingerprint density at radius 3 is 3.10 bits per heavy atom. The van der Waals surface area contributed by atoms with Crippen LogP contribution in [0.4, 0.5) is 0 Å². The number of thioether (sulfide) groups is 1. The first kappa shape index (κ1) is 15.7. The molecule has 1 fully saturated rings. The molecule has 0 N–H and O–H groups in total. The lowest BCUT2D eigenvalue weighted by molar-refractivity contribution is -0.130. The van der Waals surface area contributed by atoms with Gasteiger partial charge in [-0.25, -0.2) is 0 Å². The van der Waals surface area contributed by atoms with Crippen LogP contribution < -0.4 is 4.74 Å². The number of benzene rings is 1. The Balaban J connectivity index is 1.91. The molecule has 0 radical (unpaired) electrons. The quantitative estimate of drug-likeness (QED) is 0.803. The van der Waals surface area contributed by atoms with Crippen LogP contribution in [0.25, 0.3) is 0 Å². The van der Waals surface area contributed by atoms with Crippen molar-refractivity contribution in [1.82, 2.24) is 4.90 Å². The van der Waals surface area contributed by atoms with Gasteiger partial charge in [-0.3, -0.25) is 4.79 Å². The van der Waals surface area contributed by atoms with Crippen LogP contribution in [-0.4, -0.2) is 36.8 Å². The molecule has 0 aromatic heterocycles. The van der Waals surface area contributed by atoms with E-state index in [9.17, 15) is 10.1 Å². The second kappa shape index (κ2) is 6.86. The van der Waals surface area contributed by atoms with E-state index in [1.54, 1.807) is 7.11 Å². The number of hydrogen-bond donors (Lipinski definition) is 0. The van der Waals surface area contributed by atoms with Crippen molar-refractivity contribution in [3.63, 3.8) is 0 Å². The molecule has 0 spiro atoms. The third-order valence-electron chi connectivity index (χ3n) is 3.72. The topological polar surface area (TPSA) is 53.3 Å². The maximum atomic E-state index is 12.3. The van der Waals surface area contributed by atoms with Gasteiger partial charge in [0.05, 0.1) is 24.3 Å². The van der Waals surface area contributed by atoms with E-state index in [4.69, 9.17) is 4.74 Å². The molecule has 0 saturated carbocycles. The van der Waals surface area contributed by atoms with Crippen molar-refractivity contribution >= 4 is 17.7 Å². The third kappa shape index (κ3) is 4.15. The number of amides is 1. The molecule has 1 heterocycles. The fourth-order valence-corrected chi connectivity index (χ4v) is 3.32. The van der Waals surface area contributed by atoms with Gasteiger partial charge in [0.25, 0.3) is 0 Å². The summed E-state index contributed by atoms with van der Waals surface area (Å²) in [5, 5.41) is 9.21. The summed E-state index contributed by atoms with van der Waals surface area (Å²) in [6, 6.07) is 10.0. The standard InChI is InChI=1S/C16H20N2O2S/c1-16(11-17)7-4-8-18(12-16)15(19)10-21-14-6-3-5-13(9-14)20-2/h3,5-6,9H,4,7-8,10,12H2,1-2H3/t16-/m0/s1. The van der Waals surface area contributed by atoms with Gasteiger partial charge in [-0.15, -0.1) is 11.8 Å². The summed E-state index contributed by atoms with van der Waals surface area (Å²) >= 11 is 1.51. The molecule has 1 atom stereocenters. The van der Waals surface area contributed by atoms with E-state index in [1.165, 1.54) is 11.8 Å². The number of hydrogen-bond acceptors (Lipinski definition) is 4. The molecule has 1 aromatic rings. The molecule has 2 rings (SSSR count). The summed E-state index contributed by atoms with van der Waals surface area (Å²) in [7, 11) is 1.63. The first-order valence-corrected chi connectivity index (χ1v) is 8.01. The summed E-state index contributed by atoms with van der Waals surface area (Å²) < 4.78 is 5.18. The summed E-state index contributed by atoms with van der Waals surface area (Å²) in [5.41, 5.74) is -0.394. The number of nitrogens with zero attached hydrogens (tertiary/aromatic N) is 2. The molecular formula is C16H20N2O2S. The molecule has 0 bridgehead atoms. The smallest absolute Gasteiger partial charge is 0.232 e. The molecule has 1 amide bonds. The van der Waals surface area contributed by atoms with Gasteiger partial charge in [0.2, 0.25) is 5.91 Å². The maximum absolute atomic E-state index is 12.3. The molecule has 0 unspecified atom stereocenters. The van der Waals surface area contributed by atoms with Crippen LogP contribution in [0.1, 0.15) is 19.8 Å². The zero-order valence-electron chi connectivity index (χ0n) is 12.5. The maximum Gasteiger partial charge on any atom is 0.232 e. The third-order valence-corrected chi connectivity index (χ3v) is 4.70. The largest absolute Gasteiger partial charge is 0.497 e. The molecule has 0 aliphatic carbocycles. The van der Waals surface area contributed by atoms with Crippen molar-refractivity contribution in [3.8, 4) is 11.8 Å². The summed E-state index contributed by atoms with van der Waals surface area (Å²) in [4.78, 5) is 15.1. The molecule has 5 heteroatoms. The van der Waals surface area contributed by atoms with Gasteiger partial charge in [0, 0.05) is 18.0 Å². The molecule has 112 valence electrons. The number of likely N-dealkylation sites (tertiary alicyclic amines) is 1. The second-order valence-corrected chi connectivity index (χ2v) is 6.61. The van der Waals surface area contributed by atoms with Crippen LogP contribution in [0.15, 0.2) is 29.2 Å².